The lowest BCUT2D eigenvalue weighted by Crippen LogP contribution is -2.99. The zero-order chi connectivity index (χ0) is 25.5. The van der Waals surface area contributed by atoms with Gasteiger partial charge in [-0.3, -0.25) is 19.3 Å². The molecule has 2 aromatic rings. The van der Waals surface area contributed by atoms with E-state index in [-0.39, 0.29) is 29.3 Å². The molecule has 3 N–H and O–H groups in total. The average molecular weight is 493 g/mol. The molecule has 0 radical (unpaired) electrons. The van der Waals surface area contributed by atoms with Gasteiger partial charge < -0.3 is 15.3 Å². The number of nitrogens with one attached hydrogen (secondary N) is 2. The lowest BCUT2D eigenvalue weighted by molar-refractivity contribution is -0.991. The first kappa shape index (κ1) is 23.1. The first-order valence-electron chi connectivity index (χ1n) is 12.3. The number of fused-ring (bicyclic) bond motifs is 7. The molecule has 0 aromatic heterocycles. The molecule has 5 atom stereocenters. The minimum atomic E-state index is -1.24. The molecular weight excluding hydrogens is 464 g/mol. The van der Waals surface area contributed by atoms with Gasteiger partial charge in [0.2, 0.25) is 23.4 Å². The number of ether oxygens (including phenoxy) is 1. The van der Waals surface area contributed by atoms with Gasteiger partial charge in [-0.1, -0.05) is 19.1 Å². The van der Waals surface area contributed by atoms with Crippen molar-refractivity contribution >= 4 is 34.8 Å². The number of amides is 3. The molecule has 1 unspecified atom stereocenters. The van der Waals surface area contributed by atoms with Gasteiger partial charge in [0.1, 0.15) is 5.54 Å². The monoisotopic (exact) mass is 492 g/mol. The molecule has 0 bridgehead atoms. The van der Waals surface area contributed by atoms with Crippen molar-refractivity contribution in [1.82, 2.24) is 4.90 Å². The molecule has 3 saturated heterocycles. The van der Waals surface area contributed by atoms with E-state index in [1.165, 1.54) is 19.2 Å². The Balaban J connectivity index is 1.53. The van der Waals surface area contributed by atoms with E-state index in [4.69, 9.17) is 4.74 Å². The third-order valence-electron chi connectivity index (χ3n) is 8.45. The smallest absolute Gasteiger partial charge is 0.250 e. The highest BCUT2D eigenvalue weighted by Crippen LogP contribution is 2.61. The zero-order valence-electron chi connectivity index (χ0n) is 20.3. The molecule has 2 aromatic carbocycles. The second-order valence-corrected chi connectivity index (χ2v) is 10.0. The van der Waals surface area contributed by atoms with Crippen LogP contribution in [0, 0.1) is 24.0 Å². The van der Waals surface area contributed by atoms with Gasteiger partial charge in [0.25, 0.3) is 0 Å². The maximum absolute atomic E-state index is 14.2. The summed E-state index contributed by atoms with van der Waals surface area (Å²) < 4.78 is 5.28. The Bertz CT molecular complexity index is 1330. The van der Waals surface area contributed by atoms with Crippen LogP contribution >= 0.6 is 0 Å². The van der Waals surface area contributed by atoms with Crippen LogP contribution in [0.15, 0.2) is 30.3 Å². The molecule has 10 heteroatoms. The van der Waals surface area contributed by atoms with Crippen molar-refractivity contribution in [2.24, 2.45) is 11.8 Å². The fourth-order valence-corrected chi connectivity index (χ4v) is 6.96. The number of quaternary nitrogens is 1. The van der Waals surface area contributed by atoms with Crippen molar-refractivity contribution in [3.8, 4) is 5.75 Å². The third kappa shape index (κ3) is 2.72. The summed E-state index contributed by atoms with van der Waals surface area (Å²) >= 11 is 0. The number of anilines is 2. The van der Waals surface area contributed by atoms with Crippen LogP contribution in [0.4, 0.5) is 17.1 Å². The molecule has 10 nitrogen and oxygen atoms in total. The second-order valence-electron chi connectivity index (χ2n) is 10.0. The number of hydrogen-bond acceptors (Lipinski definition) is 7. The zero-order valence-corrected chi connectivity index (χ0v) is 20.3. The number of carbonyl (C=O) groups is 3. The highest BCUT2D eigenvalue weighted by atomic mass is 16.8. The number of carbonyl (C=O) groups excluding carboxylic acids is 3. The van der Waals surface area contributed by atoms with Crippen molar-refractivity contribution in [1.29, 1.82) is 0 Å². The van der Waals surface area contributed by atoms with Crippen molar-refractivity contribution in [2.75, 3.05) is 23.9 Å². The van der Waals surface area contributed by atoms with Gasteiger partial charge in [0.05, 0.1) is 24.6 Å². The molecule has 4 aliphatic heterocycles. The second kappa shape index (κ2) is 7.84. The maximum Gasteiger partial charge on any atom is 0.250 e. The predicted octanol–water partition coefficient (Wildman–Crippen LogP) is 1.40. The van der Waals surface area contributed by atoms with Crippen LogP contribution in [-0.2, 0) is 26.3 Å². The normalized spacial score (nSPS) is 29.5. The average Bonchev–Trinajstić information content (AvgIpc) is 3.57. The minimum absolute atomic E-state index is 0.0485. The van der Waals surface area contributed by atoms with Crippen LogP contribution in [0.25, 0.3) is 0 Å². The van der Waals surface area contributed by atoms with Gasteiger partial charge in [0, 0.05) is 29.4 Å². The Labute approximate surface area is 207 Å². The Morgan fingerprint density at radius 3 is 2.69 bits per heavy atom. The van der Waals surface area contributed by atoms with Gasteiger partial charge in [0.15, 0.2) is 5.75 Å². The minimum Gasteiger partial charge on any atom is -0.595 e. The highest BCUT2D eigenvalue weighted by molar-refractivity contribution is 6.26. The number of nitrogens with zero attached hydrogens (tertiary/aromatic N) is 2. The Kier molecular flexibility index (Phi) is 5.03. The molecule has 0 saturated carbocycles. The molecule has 4 heterocycles. The fourth-order valence-electron chi connectivity index (χ4n) is 6.96. The maximum atomic E-state index is 14.2. The number of benzene rings is 2. The summed E-state index contributed by atoms with van der Waals surface area (Å²) in [6.45, 7) is 4.35. The predicted molar refractivity (Wildman–Crippen MR) is 129 cm³/mol. The molecule has 1 spiro atoms. The fraction of sp³-hybridized carbons (Fsp3) is 0.423. The summed E-state index contributed by atoms with van der Waals surface area (Å²) in [5, 5.41) is 23.1. The lowest BCUT2D eigenvalue weighted by Gasteiger charge is -2.37. The van der Waals surface area contributed by atoms with Crippen LogP contribution in [-0.4, -0.2) is 47.5 Å². The van der Waals surface area contributed by atoms with E-state index in [2.05, 4.69) is 10.2 Å². The topological polar surface area (TPSA) is 127 Å². The molecule has 188 valence electrons. The van der Waals surface area contributed by atoms with Crippen molar-refractivity contribution in [3.05, 3.63) is 52.2 Å². The Morgan fingerprint density at radius 2 is 2.00 bits per heavy atom. The van der Waals surface area contributed by atoms with Crippen LogP contribution in [0.1, 0.15) is 36.5 Å². The summed E-state index contributed by atoms with van der Waals surface area (Å²) in [5.74, 6) is -2.50. The number of aryl methyl sites for hydroxylation is 2. The standard InChI is InChI=1S/C26H28N4O6/c1-4-14-7-8-16-15(11-14)26(25(33)27-16)22-21(17-6-5-9-28(17)26)23(31)29(24(22)32)18-12-20(36-3)19(30(34)35)10-13(18)2/h7-8,10-12,17,21-22,30,34H,4-6,9H2,1-3H3,(H,27,33)/t17-,21+,22-,26+/m0/s1. The van der Waals surface area contributed by atoms with E-state index < -0.39 is 28.5 Å². The van der Waals surface area contributed by atoms with Gasteiger partial charge in [-0.15, -0.1) is 0 Å². The number of methoxy groups -OCH3 is 1. The molecule has 0 aliphatic carbocycles. The summed E-state index contributed by atoms with van der Waals surface area (Å²) in [6, 6.07) is 8.48. The Hall–Kier alpha value is -3.31. The molecule has 4 aliphatic rings. The van der Waals surface area contributed by atoms with Crippen molar-refractivity contribution in [2.45, 2.75) is 44.7 Å². The molecule has 3 amide bonds. The number of imide groups is 1. The van der Waals surface area contributed by atoms with Crippen LogP contribution in [0.2, 0.25) is 0 Å². The third-order valence-corrected chi connectivity index (χ3v) is 8.45. The van der Waals surface area contributed by atoms with Crippen LogP contribution < -0.4 is 20.2 Å². The first-order valence-corrected chi connectivity index (χ1v) is 12.3. The largest absolute Gasteiger partial charge is 0.595 e. The summed E-state index contributed by atoms with van der Waals surface area (Å²) in [5.41, 5.74) is 1.98. The van der Waals surface area contributed by atoms with Gasteiger partial charge in [-0.25, -0.2) is 10.1 Å². The van der Waals surface area contributed by atoms with Crippen LogP contribution in [0.3, 0.4) is 0 Å². The van der Waals surface area contributed by atoms with E-state index in [1.807, 2.05) is 25.1 Å². The molecule has 6 rings (SSSR count). The van der Waals surface area contributed by atoms with E-state index in [9.17, 15) is 24.8 Å². The highest BCUT2D eigenvalue weighted by Gasteiger charge is 2.74. The van der Waals surface area contributed by atoms with Gasteiger partial charge >= 0.3 is 0 Å². The first-order chi connectivity index (χ1) is 17.2. The van der Waals surface area contributed by atoms with Gasteiger partial charge in [-0.05, 0) is 49.9 Å². The van der Waals surface area contributed by atoms with E-state index in [1.54, 1.807) is 6.92 Å². The van der Waals surface area contributed by atoms with E-state index >= 15 is 0 Å². The summed E-state index contributed by atoms with van der Waals surface area (Å²) in [4.78, 5) is 45.2. The SMILES string of the molecule is CCc1ccc2c(c1)[C@]1(C(=O)N2)[C@@H]2C(=O)N(c3cc(OC)c([NH+]([O-])O)cc3C)C(=O)[C@@H]2[C@@H]2CCCN21. The van der Waals surface area contributed by atoms with Crippen molar-refractivity contribution in [3.63, 3.8) is 0 Å². The van der Waals surface area contributed by atoms with Gasteiger partial charge in [-0.2, -0.15) is 5.23 Å². The molecule has 3 fully saturated rings. The van der Waals surface area contributed by atoms with Crippen LogP contribution in [0.5, 0.6) is 5.75 Å². The van der Waals surface area contributed by atoms with Crippen molar-refractivity contribution < 1.29 is 29.6 Å². The molecular formula is C26H28N4O6. The lowest BCUT2D eigenvalue weighted by atomic mass is 9.75. The number of hydrogen-bond donors (Lipinski definition) is 3. The summed E-state index contributed by atoms with van der Waals surface area (Å²) in [7, 11) is 1.35. The number of rotatable bonds is 4. The van der Waals surface area contributed by atoms with E-state index in [0.717, 1.165) is 35.3 Å². The molecule has 36 heavy (non-hydrogen) atoms. The quantitative estimate of drug-likeness (QED) is 0.435. The summed E-state index contributed by atoms with van der Waals surface area (Å²) in [6.07, 6.45) is 2.35. The Morgan fingerprint density at radius 1 is 1.22 bits per heavy atom. The van der Waals surface area contributed by atoms with E-state index in [0.29, 0.717) is 23.5 Å².